The van der Waals surface area contributed by atoms with Gasteiger partial charge in [0.05, 0.1) is 0 Å². The van der Waals surface area contributed by atoms with Gasteiger partial charge in [0.25, 0.3) is 0 Å². The fourth-order valence-electron chi connectivity index (χ4n) is 2.95. The van der Waals surface area contributed by atoms with Crippen LogP contribution in [0, 0.1) is 18.8 Å². The summed E-state index contributed by atoms with van der Waals surface area (Å²) in [4.78, 5) is 16.6. The van der Waals surface area contributed by atoms with E-state index in [4.69, 9.17) is 0 Å². The molecule has 0 radical (unpaired) electrons. The molecule has 2 heteroatoms. The molecule has 1 heterocycles. The van der Waals surface area contributed by atoms with Crippen LogP contribution in [0.1, 0.15) is 55.1 Å². The Morgan fingerprint density at radius 1 is 1.41 bits per heavy atom. The van der Waals surface area contributed by atoms with Crippen LogP contribution in [0.5, 0.6) is 0 Å². The fourth-order valence-corrected chi connectivity index (χ4v) is 2.95. The summed E-state index contributed by atoms with van der Waals surface area (Å²) in [5.41, 5.74) is 1.78. The van der Waals surface area contributed by atoms with Gasteiger partial charge in [-0.25, -0.2) is 0 Å². The minimum absolute atomic E-state index is 0.246. The first-order chi connectivity index (χ1) is 8.22. The Labute approximate surface area is 103 Å². The number of carbonyl (C=O) groups excluding carboxylic acids is 1. The molecule has 1 saturated carbocycles. The summed E-state index contributed by atoms with van der Waals surface area (Å²) in [7, 11) is 0. The lowest BCUT2D eigenvalue weighted by atomic mass is 9.74. The van der Waals surface area contributed by atoms with Crippen LogP contribution in [0.25, 0.3) is 0 Å². The van der Waals surface area contributed by atoms with Gasteiger partial charge < -0.3 is 0 Å². The molecule has 2 rings (SSSR count). The van der Waals surface area contributed by atoms with Gasteiger partial charge in [-0.1, -0.05) is 26.2 Å². The molecule has 0 aliphatic heterocycles. The second-order valence-electron chi connectivity index (χ2n) is 5.11. The van der Waals surface area contributed by atoms with Crippen molar-refractivity contribution in [2.24, 2.45) is 11.8 Å². The van der Waals surface area contributed by atoms with E-state index in [0.29, 0.717) is 11.7 Å². The molecule has 1 aromatic heterocycles. The van der Waals surface area contributed by atoms with E-state index in [1.165, 1.54) is 19.3 Å². The van der Waals surface area contributed by atoms with Crippen molar-refractivity contribution in [3.05, 3.63) is 29.6 Å². The van der Waals surface area contributed by atoms with E-state index in [-0.39, 0.29) is 5.92 Å². The average Bonchev–Trinajstić information content (AvgIpc) is 2.38. The first-order valence-corrected chi connectivity index (χ1v) is 6.69. The molecule has 0 aromatic carbocycles. The van der Waals surface area contributed by atoms with Gasteiger partial charge in [-0.2, -0.15) is 0 Å². The number of Topliss-reactive ketones (excluding diaryl/α,β-unsaturated/α-hetero) is 1. The van der Waals surface area contributed by atoms with Gasteiger partial charge in [0, 0.05) is 23.4 Å². The lowest BCUT2D eigenvalue weighted by molar-refractivity contribution is 0.0820. The quantitative estimate of drug-likeness (QED) is 0.741. The number of rotatable bonds is 3. The van der Waals surface area contributed by atoms with E-state index in [2.05, 4.69) is 11.9 Å². The minimum atomic E-state index is 0.246. The number of nitrogens with zero attached hydrogens (tertiary/aromatic N) is 1. The van der Waals surface area contributed by atoms with Crippen molar-refractivity contribution in [2.45, 2.75) is 46.0 Å². The molecule has 92 valence electrons. The van der Waals surface area contributed by atoms with E-state index in [1.54, 1.807) is 6.20 Å². The fraction of sp³-hybridized carbons (Fsp3) is 0.600. The average molecular weight is 231 g/mol. The number of hydrogen-bond donors (Lipinski definition) is 0. The molecule has 2 unspecified atom stereocenters. The normalized spacial score (nSPS) is 24.6. The van der Waals surface area contributed by atoms with E-state index in [0.717, 1.165) is 24.1 Å². The smallest absolute Gasteiger partial charge is 0.166 e. The third-order valence-electron chi connectivity index (χ3n) is 3.95. The molecular formula is C15H21NO. The minimum Gasteiger partial charge on any atom is -0.294 e. The summed E-state index contributed by atoms with van der Waals surface area (Å²) in [5, 5.41) is 0. The highest BCUT2D eigenvalue weighted by Gasteiger charge is 2.30. The number of hydrogen-bond acceptors (Lipinski definition) is 2. The van der Waals surface area contributed by atoms with E-state index < -0.39 is 0 Å². The summed E-state index contributed by atoms with van der Waals surface area (Å²) in [6.07, 6.45) is 7.65. The van der Waals surface area contributed by atoms with Crippen molar-refractivity contribution < 1.29 is 4.79 Å². The van der Waals surface area contributed by atoms with Crippen LogP contribution in [0.2, 0.25) is 0 Å². The number of pyridine rings is 1. The molecule has 1 aliphatic carbocycles. The summed E-state index contributed by atoms with van der Waals surface area (Å²) < 4.78 is 0. The van der Waals surface area contributed by atoms with Gasteiger partial charge in [-0.3, -0.25) is 9.78 Å². The Hall–Kier alpha value is -1.18. The Balaban J connectivity index is 2.18. The number of carbonyl (C=O) groups is 1. The van der Waals surface area contributed by atoms with Crippen LogP contribution < -0.4 is 0 Å². The summed E-state index contributed by atoms with van der Waals surface area (Å²) in [6.45, 7) is 4.14. The maximum absolute atomic E-state index is 12.5. The molecule has 0 saturated heterocycles. The van der Waals surface area contributed by atoms with Crippen molar-refractivity contribution in [3.8, 4) is 0 Å². The zero-order chi connectivity index (χ0) is 12.3. The van der Waals surface area contributed by atoms with Crippen LogP contribution in [-0.2, 0) is 0 Å². The predicted octanol–water partition coefficient (Wildman–Crippen LogP) is 3.79. The molecule has 2 nitrogen and oxygen atoms in total. The number of ketones is 1. The number of aryl methyl sites for hydroxylation is 1. The van der Waals surface area contributed by atoms with Crippen LogP contribution in [-0.4, -0.2) is 10.8 Å². The van der Waals surface area contributed by atoms with Crippen molar-refractivity contribution in [1.29, 1.82) is 0 Å². The highest BCUT2D eigenvalue weighted by Crippen LogP contribution is 2.34. The monoisotopic (exact) mass is 231 g/mol. The van der Waals surface area contributed by atoms with Crippen molar-refractivity contribution in [2.75, 3.05) is 0 Å². The zero-order valence-corrected chi connectivity index (χ0v) is 10.8. The van der Waals surface area contributed by atoms with Gasteiger partial charge in [0.2, 0.25) is 0 Å². The Morgan fingerprint density at radius 2 is 2.18 bits per heavy atom. The van der Waals surface area contributed by atoms with Gasteiger partial charge in [-0.15, -0.1) is 0 Å². The molecule has 0 spiro atoms. The second kappa shape index (κ2) is 5.44. The third kappa shape index (κ3) is 2.74. The largest absolute Gasteiger partial charge is 0.294 e. The lowest BCUT2D eigenvalue weighted by Crippen LogP contribution is -2.27. The molecule has 0 bridgehead atoms. The molecular weight excluding hydrogens is 210 g/mol. The molecule has 1 aliphatic rings. The first-order valence-electron chi connectivity index (χ1n) is 6.69. The third-order valence-corrected chi connectivity index (χ3v) is 3.95. The first kappa shape index (κ1) is 12.3. The topological polar surface area (TPSA) is 30.0 Å². The number of aromatic nitrogens is 1. The molecule has 0 amide bonds. The predicted molar refractivity (Wildman–Crippen MR) is 69.0 cm³/mol. The van der Waals surface area contributed by atoms with Gasteiger partial charge >= 0.3 is 0 Å². The van der Waals surface area contributed by atoms with Crippen LogP contribution in [0.15, 0.2) is 18.3 Å². The second-order valence-corrected chi connectivity index (χ2v) is 5.11. The SMILES string of the molecule is CCC1CCCCC1C(=O)c1ccnc(C)c1. The zero-order valence-electron chi connectivity index (χ0n) is 10.8. The maximum Gasteiger partial charge on any atom is 0.166 e. The summed E-state index contributed by atoms with van der Waals surface area (Å²) >= 11 is 0. The summed E-state index contributed by atoms with van der Waals surface area (Å²) in [5.74, 6) is 1.17. The molecule has 17 heavy (non-hydrogen) atoms. The van der Waals surface area contributed by atoms with E-state index in [9.17, 15) is 4.79 Å². The van der Waals surface area contributed by atoms with Crippen LogP contribution in [0.4, 0.5) is 0 Å². The van der Waals surface area contributed by atoms with Crippen molar-refractivity contribution in [1.82, 2.24) is 4.98 Å². The Morgan fingerprint density at radius 3 is 2.88 bits per heavy atom. The van der Waals surface area contributed by atoms with Crippen molar-refractivity contribution >= 4 is 5.78 Å². The van der Waals surface area contributed by atoms with Crippen molar-refractivity contribution in [3.63, 3.8) is 0 Å². The van der Waals surface area contributed by atoms with Crippen LogP contribution in [0.3, 0.4) is 0 Å². The molecule has 1 fully saturated rings. The lowest BCUT2D eigenvalue weighted by Gasteiger charge is -2.29. The highest BCUT2D eigenvalue weighted by atomic mass is 16.1. The van der Waals surface area contributed by atoms with Gasteiger partial charge in [0.1, 0.15) is 0 Å². The van der Waals surface area contributed by atoms with Crippen LogP contribution >= 0.6 is 0 Å². The standard InChI is InChI=1S/C15H21NO/c1-3-12-6-4-5-7-14(12)15(17)13-8-9-16-11(2)10-13/h8-10,12,14H,3-7H2,1-2H3. The summed E-state index contributed by atoms with van der Waals surface area (Å²) in [6, 6.07) is 3.78. The van der Waals surface area contributed by atoms with E-state index >= 15 is 0 Å². The highest BCUT2D eigenvalue weighted by molar-refractivity contribution is 5.98. The maximum atomic E-state index is 12.5. The molecule has 0 N–H and O–H groups in total. The van der Waals surface area contributed by atoms with Gasteiger partial charge in [0.15, 0.2) is 5.78 Å². The van der Waals surface area contributed by atoms with Gasteiger partial charge in [-0.05, 0) is 37.8 Å². The molecule has 2 atom stereocenters. The molecule has 1 aromatic rings. The Kier molecular flexibility index (Phi) is 3.93. The Bertz CT molecular complexity index is 400. The van der Waals surface area contributed by atoms with E-state index in [1.807, 2.05) is 19.1 Å².